The van der Waals surface area contributed by atoms with Gasteiger partial charge in [0.05, 0.1) is 11.3 Å². The number of amides is 2. The van der Waals surface area contributed by atoms with Gasteiger partial charge in [0.15, 0.2) is 6.10 Å². The van der Waals surface area contributed by atoms with Crippen molar-refractivity contribution in [2.24, 2.45) is 0 Å². The molecule has 2 aromatic carbocycles. The van der Waals surface area contributed by atoms with Crippen LogP contribution in [0, 0.1) is 0 Å². The molecule has 0 bridgehead atoms. The molecule has 0 saturated heterocycles. The van der Waals surface area contributed by atoms with E-state index in [2.05, 4.69) is 0 Å². The molecule has 2 rings (SSSR count). The van der Waals surface area contributed by atoms with Gasteiger partial charge in [-0.1, -0.05) is 30.3 Å². The Hall–Kier alpha value is -2.80. The number of thioether (sulfide) groups is 1. The molecule has 0 aromatic heterocycles. The van der Waals surface area contributed by atoms with Crippen LogP contribution in [0.2, 0.25) is 0 Å². The third-order valence-electron chi connectivity index (χ3n) is 4.06. The average molecular weight is 401 g/mol. The Kier molecular flexibility index (Phi) is 7.63. The highest BCUT2D eigenvalue weighted by Gasteiger charge is 2.24. The van der Waals surface area contributed by atoms with E-state index in [1.165, 1.54) is 21.6 Å². The molecule has 2 aromatic rings. The molecular formula is C21H24N2O4S. The second-order valence-corrected chi connectivity index (χ2v) is 7.37. The van der Waals surface area contributed by atoms with Crippen LogP contribution in [0.1, 0.15) is 17.3 Å². The van der Waals surface area contributed by atoms with Gasteiger partial charge in [-0.05, 0) is 31.2 Å². The van der Waals surface area contributed by atoms with Gasteiger partial charge in [-0.2, -0.15) is 0 Å². The van der Waals surface area contributed by atoms with Crippen molar-refractivity contribution >= 4 is 35.2 Å². The van der Waals surface area contributed by atoms with E-state index in [1.54, 1.807) is 64.5 Å². The molecule has 1 atom stereocenters. The number of ether oxygens (including phenoxy) is 1. The Labute approximate surface area is 169 Å². The maximum absolute atomic E-state index is 12.6. The van der Waals surface area contributed by atoms with Gasteiger partial charge in [0.1, 0.15) is 0 Å². The van der Waals surface area contributed by atoms with Crippen molar-refractivity contribution in [1.82, 2.24) is 4.90 Å². The van der Waals surface area contributed by atoms with Crippen LogP contribution in [0.4, 0.5) is 5.69 Å². The van der Waals surface area contributed by atoms with Crippen LogP contribution >= 0.6 is 11.8 Å². The smallest absolute Gasteiger partial charge is 0.340 e. The second-order valence-electron chi connectivity index (χ2n) is 6.35. The lowest BCUT2D eigenvalue weighted by molar-refractivity contribution is -0.126. The van der Waals surface area contributed by atoms with E-state index in [4.69, 9.17) is 4.74 Å². The van der Waals surface area contributed by atoms with Crippen LogP contribution in [0.5, 0.6) is 0 Å². The molecule has 0 heterocycles. The fourth-order valence-electron chi connectivity index (χ4n) is 2.36. The van der Waals surface area contributed by atoms with Gasteiger partial charge in [-0.15, -0.1) is 11.8 Å². The highest BCUT2D eigenvalue weighted by Crippen LogP contribution is 2.24. The first kappa shape index (κ1) is 21.5. The van der Waals surface area contributed by atoms with E-state index >= 15 is 0 Å². The van der Waals surface area contributed by atoms with Crippen LogP contribution in [-0.2, 0) is 14.3 Å². The summed E-state index contributed by atoms with van der Waals surface area (Å²) in [6.45, 7) is 1.55. The van der Waals surface area contributed by atoms with E-state index in [9.17, 15) is 14.4 Å². The van der Waals surface area contributed by atoms with Crippen molar-refractivity contribution in [3.63, 3.8) is 0 Å². The lowest BCUT2D eigenvalue weighted by Crippen LogP contribution is -2.37. The van der Waals surface area contributed by atoms with Crippen LogP contribution in [0.15, 0.2) is 59.5 Å². The largest absolute Gasteiger partial charge is 0.449 e. The van der Waals surface area contributed by atoms with E-state index < -0.39 is 12.1 Å². The number of carbonyl (C=O) groups is 3. The maximum atomic E-state index is 12.6. The normalized spacial score (nSPS) is 11.4. The summed E-state index contributed by atoms with van der Waals surface area (Å²) >= 11 is 1.26. The maximum Gasteiger partial charge on any atom is 0.340 e. The molecule has 28 heavy (non-hydrogen) atoms. The summed E-state index contributed by atoms with van der Waals surface area (Å²) in [5.74, 6) is -0.765. The Balaban J connectivity index is 2.06. The third kappa shape index (κ3) is 5.60. The minimum Gasteiger partial charge on any atom is -0.449 e. The first-order chi connectivity index (χ1) is 13.3. The van der Waals surface area contributed by atoms with Crippen LogP contribution in [0.3, 0.4) is 0 Å². The van der Waals surface area contributed by atoms with Gasteiger partial charge >= 0.3 is 5.97 Å². The lowest BCUT2D eigenvalue weighted by atomic mass is 10.2. The molecular weight excluding hydrogens is 376 g/mol. The van der Waals surface area contributed by atoms with Crippen LogP contribution in [-0.4, -0.2) is 55.7 Å². The number of likely N-dealkylation sites (N-methyl/N-ethyl adjacent to an activating group) is 1. The topological polar surface area (TPSA) is 66.9 Å². The molecule has 148 valence electrons. The quantitative estimate of drug-likeness (QED) is 0.528. The molecule has 1 unspecified atom stereocenters. The van der Waals surface area contributed by atoms with Crippen molar-refractivity contribution in [2.45, 2.75) is 17.9 Å². The SMILES string of the molecule is CC(OC(=O)c1ccccc1SCC(=O)N(C)C)C(=O)N(C)c1ccccc1. The molecule has 0 radical (unpaired) electrons. The molecule has 2 amide bonds. The van der Waals surface area contributed by atoms with Crippen LogP contribution in [0.25, 0.3) is 0 Å². The average Bonchev–Trinajstić information content (AvgIpc) is 2.71. The van der Waals surface area contributed by atoms with Crippen molar-refractivity contribution in [1.29, 1.82) is 0 Å². The molecule has 0 fully saturated rings. The summed E-state index contributed by atoms with van der Waals surface area (Å²) in [5, 5.41) is 0. The number of anilines is 1. The van der Waals surface area contributed by atoms with Crippen LogP contribution < -0.4 is 4.90 Å². The van der Waals surface area contributed by atoms with Gasteiger partial charge < -0.3 is 14.5 Å². The first-order valence-electron chi connectivity index (χ1n) is 8.77. The molecule has 0 saturated carbocycles. The fraction of sp³-hybridized carbons (Fsp3) is 0.286. The van der Waals surface area contributed by atoms with Crippen molar-refractivity contribution < 1.29 is 19.1 Å². The molecule has 0 spiro atoms. The second kappa shape index (κ2) is 9.94. The Morgan fingerprint density at radius 3 is 2.21 bits per heavy atom. The van der Waals surface area contributed by atoms with Gasteiger partial charge in [-0.3, -0.25) is 9.59 Å². The monoisotopic (exact) mass is 400 g/mol. The zero-order valence-corrected chi connectivity index (χ0v) is 17.2. The minimum absolute atomic E-state index is 0.0544. The number of esters is 1. The zero-order chi connectivity index (χ0) is 20.7. The molecule has 0 aliphatic carbocycles. The van der Waals surface area contributed by atoms with E-state index in [1.807, 2.05) is 18.2 Å². The number of benzene rings is 2. The molecule has 0 N–H and O–H groups in total. The summed E-state index contributed by atoms with van der Waals surface area (Å²) in [5.41, 5.74) is 1.05. The van der Waals surface area contributed by atoms with E-state index in [-0.39, 0.29) is 17.6 Å². The van der Waals surface area contributed by atoms with E-state index in [0.29, 0.717) is 16.1 Å². The first-order valence-corrected chi connectivity index (χ1v) is 9.75. The van der Waals surface area contributed by atoms with Gasteiger partial charge in [-0.25, -0.2) is 4.79 Å². The van der Waals surface area contributed by atoms with Gasteiger partial charge in [0.2, 0.25) is 5.91 Å². The Morgan fingerprint density at radius 2 is 1.57 bits per heavy atom. The number of para-hydroxylation sites is 1. The summed E-state index contributed by atoms with van der Waals surface area (Å²) in [6, 6.07) is 16.0. The number of rotatable bonds is 7. The van der Waals surface area contributed by atoms with Crippen molar-refractivity contribution in [3.05, 3.63) is 60.2 Å². The molecule has 7 heteroatoms. The molecule has 0 aliphatic heterocycles. The standard InChI is InChI=1S/C21H24N2O4S/c1-15(20(25)23(4)16-10-6-5-7-11-16)27-21(26)17-12-8-9-13-18(17)28-14-19(24)22(2)3/h5-13,15H,14H2,1-4H3. The summed E-state index contributed by atoms with van der Waals surface area (Å²) in [6.07, 6.45) is -0.945. The summed E-state index contributed by atoms with van der Waals surface area (Å²) in [7, 11) is 5.00. The minimum atomic E-state index is -0.945. The number of nitrogens with zero attached hydrogens (tertiary/aromatic N) is 2. The number of carbonyl (C=O) groups excluding carboxylic acids is 3. The van der Waals surface area contributed by atoms with Crippen molar-refractivity contribution in [2.75, 3.05) is 31.8 Å². The number of hydrogen-bond donors (Lipinski definition) is 0. The van der Waals surface area contributed by atoms with Crippen molar-refractivity contribution in [3.8, 4) is 0 Å². The highest BCUT2D eigenvalue weighted by molar-refractivity contribution is 8.00. The Bertz CT molecular complexity index is 839. The number of hydrogen-bond acceptors (Lipinski definition) is 5. The lowest BCUT2D eigenvalue weighted by Gasteiger charge is -2.22. The van der Waals surface area contributed by atoms with Gasteiger partial charge in [0, 0.05) is 31.7 Å². The highest BCUT2D eigenvalue weighted by atomic mass is 32.2. The molecule has 0 aliphatic rings. The van der Waals surface area contributed by atoms with Gasteiger partial charge in [0.25, 0.3) is 5.91 Å². The summed E-state index contributed by atoms with van der Waals surface area (Å²) < 4.78 is 5.40. The zero-order valence-electron chi connectivity index (χ0n) is 16.4. The third-order valence-corrected chi connectivity index (χ3v) is 5.12. The predicted molar refractivity (Wildman–Crippen MR) is 111 cm³/mol. The Morgan fingerprint density at radius 1 is 0.964 bits per heavy atom. The summed E-state index contributed by atoms with van der Waals surface area (Å²) in [4.78, 5) is 40.6. The molecule has 6 nitrogen and oxygen atoms in total. The van der Waals surface area contributed by atoms with E-state index in [0.717, 1.165) is 0 Å². The fourth-order valence-corrected chi connectivity index (χ4v) is 3.37. The predicted octanol–water partition coefficient (Wildman–Crippen LogP) is 3.08.